The highest BCUT2D eigenvalue weighted by Gasteiger charge is 2.14. The average molecular weight is 289 g/mol. The molecule has 20 heavy (non-hydrogen) atoms. The van der Waals surface area contributed by atoms with Gasteiger partial charge in [-0.25, -0.2) is 0 Å². The second-order valence-corrected chi connectivity index (χ2v) is 5.51. The Morgan fingerprint density at radius 3 is 2.35 bits per heavy atom. The molecule has 3 heteroatoms. The van der Waals surface area contributed by atoms with Crippen molar-refractivity contribution in [1.29, 1.82) is 0 Å². The minimum atomic E-state index is 0.213. The molecule has 2 nitrogen and oxygen atoms in total. The predicted octanol–water partition coefficient (Wildman–Crippen LogP) is 4.27. The molecule has 2 aromatic rings. The van der Waals surface area contributed by atoms with E-state index >= 15 is 0 Å². The number of rotatable bonds is 6. The largest absolute Gasteiger partial charge is 0.380 e. The molecule has 0 aliphatic carbocycles. The Morgan fingerprint density at radius 1 is 1.05 bits per heavy atom. The monoisotopic (exact) mass is 288 g/mol. The molecule has 0 saturated heterocycles. The van der Waals surface area contributed by atoms with E-state index in [1.165, 1.54) is 5.56 Å². The van der Waals surface area contributed by atoms with Crippen LogP contribution >= 0.6 is 11.6 Å². The van der Waals surface area contributed by atoms with Crippen LogP contribution < -0.4 is 11.1 Å². The first kappa shape index (κ1) is 14.9. The van der Waals surface area contributed by atoms with Gasteiger partial charge in [0.25, 0.3) is 0 Å². The highest BCUT2D eigenvalue weighted by Crippen LogP contribution is 2.25. The van der Waals surface area contributed by atoms with E-state index in [4.69, 9.17) is 17.3 Å². The molecule has 0 fully saturated rings. The fourth-order valence-corrected chi connectivity index (χ4v) is 2.55. The van der Waals surface area contributed by atoms with Crippen molar-refractivity contribution in [2.24, 2.45) is 5.73 Å². The number of hydrogen-bond donors (Lipinski definition) is 2. The summed E-state index contributed by atoms with van der Waals surface area (Å²) in [6.07, 6.45) is 0.978. The summed E-state index contributed by atoms with van der Waals surface area (Å²) in [5, 5.41) is 4.18. The molecule has 0 spiro atoms. The summed E-state index contributed by atoms with van der Waals surface area (Å²) in [7, 11) is 0. The van der Waals surface area contributed by atoms with Crippen molar-refractivity contribution in [2.75, 3.05) is 11.9 Å². The zero-order chi connectivity index (χ0) is 14.4. The SMILES string of the molecule is CC(CC(CN)Nc1ccccc1Cl)c1ccccc1. The molecule has 0 saturated carbocycles. The molecule has 2 unspecified atom stereocenters. The standard InChI is InChI=1S/C17H21ClN2/c1-13(14-7-3-2-4-8-14)11-15(12-19)20-17-10-6-5-9-16(17)18/h2-10,13,15,20H,11-12,19H2,1H3. The smallest absolute Gasteiger partial charge is 0.0637 e. The second kappa shape index (κ2) is 7.32. The van der Waals surface area contributed by atoms with Gasteiger partial charge in [0.15, 0.2) is 0 Å². The zero-order valence-electron chi connectivity index (χ0n) is 11.7. The van der Waals surface area contributed by atoms with Crippen molar-refractivity contribution in [1.82, 2.24) is 0 Å². The normalized spacial score (nSPS) is 13.8. The van der Waals surface area contributed by atoms with Crippen molar-refractivity contribution < 1.29 is 0 Å². The van der Waals surface area contributed by atoms with Gasteiger partial charge in [-0.05, 0) is 30.0 Å². The first-order valence-corrected chi connectivity index (χ1v) is 7.34. The lowest BCUT2D eigenvalue weighted by Crippen LogP contribution is -2.30. The number of hydrogen-bond acceptors (Lipinski definition) is 2. The quantitative estimate of drug-likeness (QED) is 0.833. The average Bonchev–Trinajstić information content (AvgIpc) is 2.49. The van der Waals surface area contributed by atoms with E-state index in [2.05, 4.69) is 36.5 Å². The van der Waals surface area contributed by atoms with Crippen LogP contribution in [0, 0.1) is 0 Å². The highest BCUT2D eigenvalue weighted by molar-refractivity contribution is 6.33. The lowest BCUT2D eigenvalue weighted by Gasteiger charge is -2.22. The third-order valence-corrected chi connectivity index (χ3v) is 3.85. The molecule has 0 heterocycles. The third-order valence-electron chi connectivity index (χ3n) is 3.52. The van der Waals surface area contributed by atoms with Gasteiger partial charge in [0.2, 0.25) is 0 Å². The fraction of sp³-hybridized carbons (Fsp3) is 0.294. The molecule has 2 atom stereocenters. The number of anilines is 1. The minimum Gasteiger partial charge on any atom is -0.380 e. The molecule has 0 radical (unpaired) electrons. The van der Waals surface area contributed by atoms with E-state index in [1.54, 1.807) is 0 Å². The van der Waals surface area contributed by atoms with E-state index in [0.29, 0.717) is 12.5 Å². The summed E-state index contributed by atoms with van der Waals surface area (Å²) < 4.78 is 0. The van der Waals surface area contributed by atoms with Crippen LogP contribution in [0.25, 0.3) is 0 Å². The van der Waals surface area contributed by atoms with Gasteiger partial charge in [0, 0.05) is 12.6 Å². The van der Waals surface area contributed by atoms with E-state index in [1.807, 2.05) is 30.3 Å². The van der Waals surface area contributed by atoms with Crippen LogP contribution in [0.5, 0.6) is 0 Å². The van der Waals surface area contributed by atoms with E-state index < -0.39 is 0 Å². The van der Waals surface area contributed by atoms with E-state index in [9.17, 15) is 0 Å². The first-order chi connectivity index (χ1) is 9.70. The number of para-hydroxylation sites is 1. The summed E-state index contributed by atoms with van der Waals surface area (Å²) in [6, 6.07) is 18.5. The summed E-state index contributed by atoms with van der Waals surface area (Å²) >= 11 is 6.18. The lowest BCUT2D eigenvalue weighted by molar-refractivity contribution is 0.586. The van der Waals surface area contributed by atoms with Crippen LogP contribution in [0.3, 0.4) is 0 Å². The van der Waals surface area contributed by atoms with Gasteiger partial charge in [0.05, 0.1) is 10.7 Å². The van der Waals surface area contributed by atoms with Gasteiger partial charge in [-0.15, -0.1) is 0 Å². The highest BCUT2D eigenvalue weighted by atomic mass is 35.5. The maximum atomic E-state index is 6.18. The number of nitrogens with two attached hydrogens (primary N) is 1. The zero-order valence-corrected chi connectivity index (χ0v) is 12.5. The lowest BCUT2D eigenvalue weighted by atomic mass is 9.94. The topological polar surface area (TPSA) is 38.0 Å². The third kappa shape index (κ3) is 3.99. The van der Waals surface area contributed by atoms with Crippen molar-refractivity contribution in [3.05, 3.63) is 65.2 Å². The van der Waals surface area contributed by atoms with Gasteiger partial charge >= 0.3 is 0 Å². The van der Waals surface area contributed by atoms with Crippen molar-refractivity contribution in [3.63, 3.8) is 0 Å². The van der Waals surface area contributed by atoms with E-state index in [0.717, 1.165) is 17.1 Å². The Balaban J connectivity index is 2.01. The Kier molecular flexibility index (Phi) is 5.45. The Hall–Kier alpha value is -1.51. The van der Waals surface area contributed by atoms with Gasteiger partial charge < -0.3 is 11.1 Å². The van der Waals surface area contributed by atoms with Crippen LogP contribution in [0.1, 0.15) is 24.8 Å². The maximum Gasteiger partial charge on any atom is 0.0637 e. The number of benzene rings is 2. The van der Waals surface area contributed by atoms with Gasteiger partial charge in [0.1, 0.15) is 0 Å². The Morgan fingerprint density at radius 2 is 1.70 bits per heavy atom. The van der Waals surface area contributed by atoms with Crippen molar-refractivity contribution >= 4 is 17.3 Å². The van der Waals surface area contributed by atoms with Crippen LogP contribution in [0.2, 0.25) is 5.02 Å². The Bertz CT molecular complexity index is 528. The molecule has 0 aliphatic rings. The molecular weight excluding hydrogens is 268 g/mol. The summed E-state index contributed by atoms with van der Waals surface area (Å²) in [5.41, 5.74) is 8.18. The molecule has 2 aromatic carbocycles. The van der Waals surface area contributed by atoms with Crippen LogP contribution in [-0.2, 0) is 0 Å². The van der Waals surface area contributed by atoms with E-state index in [-0.39, 0.29) is 6.04 Å². The molecule has 0 aliphatic heterocycles. The second-order valence-electron chi connectivity index (χ2n) is 5.10. The van der Waals surface area contributed by atoms with Gasteiger partial charge in [-0.2, -0.15) is 0 Å². The number of nitrogens with one attached hydrogen (secondary N) is 1. The first-order valence-electron chi connectivity index (χ1n) is 6.96. The molecule has 0 amide bonds. The maximum absolute atomic E-state index is 6.18. The van der Waals surface area contributed by atoms with Crippen molar-refractivity contribution in [3.8, 4) is 0 Å². The molecule has 2 rings (SSSR count). The summed E-state index contributed by atoms with van der Waals surface area (Å²) in [5.74, 6) is 0.458. The van der Waals surface area contributed by atoms with Gasteiger partial charge in [-0.1, -0.05) is 61.0 Å². The molecule has 106 valence electrons. The van der Waals surface area contributed by atoms with Gasteiger partial charge in [-0.3, -0.25) is 0 Å². The molecular formula is C17H21ClN2. The predicted molar refractivity (Wildman–Crippen MR) is 87.4 cm³/mol. The van der Waals surface area contributed by atoms with Crippen LogP contribution in [0.4, 0.5) is 5.69 Å². The van der Waals surface area contributed by atoms with Crippen molar-refractivity contribution in [2.45, 2.75) is 25.3 Å². The minimum absolute atomic E-state index is 0.213. The van der Waals surface area contributed by atoms with Crippen LogP contribution in [0.15, 0.2) is 54.6 Å². The molecule has 0 aromatic heterocycles. The molecule has 3 N–H and O–H groups in total. The fourth-order valence-electron chi connectivity index (χ4n) is 2.36. The molecule has 0 bridgehead atoms. The number of halogens is 1. The van der Waals surface area contributed by atoms with Crippen LogP contribution in [-0.4, -0.2) is 12.6 Å². The summed E-state index contributed by atoms with van der Waals surface area (Å²) in [4.78, 5) is 0. The Labute approximate surface area is 126 Å². The summed E-state index contributed by atoms with van der Waals surface area (Å²) in [6.45, 7) is 2.81.